The van der Waals surface area contributed by atoms with Crippen LogP contribution < -0.4 is 0 Å². The second-order valence-electron chi connectivity index (χ2n) is 5.45. The lowest BCUT2D eigenvalue weighted by Gasteiger charge is -2.30. The van der Waals surface area contributed by atoms with Crippen molar-refractivity contribution in [1.29, 1.82) is 0 Å². The second kappa shape index (κ2) is 8.17. The molecule has 5 heteroatoms. The molecule has 1 aromatic rings. The maximum Gasteiger partial charge on any atom is 0.307 e. The average Bonchev–Trinajstić information content (AvgIpc) is 2.91. The fraction of sp³-hybridized carbons (Fsp3) is 0.625. The van der Waals surface area contributed by atoms with Crippen LogP contribution in [0.2, 0.25) is 0 Å². The van der Waals surface area contributed by atoms with Gasteiger partial charge in [-0.1, -0.05) is 31.7 Å². The maximum absolute atomic E-state index is 12.7. The fourth-order valence-corrected chi connectivity index (χ4v) is 3.55. The van der Waals surface area contributed by atoms with Gasteiger partial charge in [0, 0.05) is 12.6 Å². The summed E-state index contributed by atoms with van der Waals surface area (Å²) in [5, 5.41) is 1.92. The lowest BCUT2D eigenvalue weighted by molar-refractivity contribution is -0.140. The van der Waals surface area contributed by atoms with Gasteiger partial charge < -0.3 is 9.64 Å². The van der Waals surface area contributed by atoms with Crippen LogP contribution in [0, 0.1) is 0 Å². The van der Waals surface area contributed by atoms with Crippen molar-refractivity contribution < 1.29 is 14.3 Å². The number of rotatable bonds is 5. The molecule has 0 aliphatic heterocycles. The van der Waals surface area contributed by atoms with E-state index in [1.54, 1.807) is 0 Å². The van der Waals surface area contributed by atoms with Crippen LogP contribution in [0.5, 0.6) is 0 Å². The number of hydrogen-bond acceptors (Lipinski definition) is 4. The number of nitrogens with zero attached hydrogens (tertiary/aromatic N) is 1. The average molecular weight is 309 g/mol. The summed E-state index contributed by atoms with van der Waals surface area (Å²) in [6.45, 7) is 0.452. The highest BCUT2D eigenvalue weighted by Crippen LogP contribution is 2.24. The minimum absolute atomic E-state index is 0.0563. The van der Waals surface area contributed by atoms with E-state index in [1.165, 1.54) is 31.3 Å². The summed E-state index contributed by atoms with van der Waals surface area (Å²) in [6.07, 6.45) is 7.16. The summed E-state index contributed by atoms with van der Waals surface area (Å²) < 4.78 is 4.71. The third-order valence-corrected chi connectivity index (χ3v) is 4.90. The highest BCUT2D eigenvalue weighted by atomic mass is 32.1. The Morgan fingerprint density at radius 3 is 2.57 bits per heavy atom. The predicted molar refractivity (Wildman–Crippen MR) is 83.5 cm³/mol. The van der Waals surface area contributed by atoms with Gasteiger partial charge in [-0.2, -0.15) is 0 Å². The molecule has 4 nitrogen and oxygen atoms in total. The van der Waals surface area contributed by atoms with Crippen molar-refractivity contribution in [3.05, 3.63) is 22.4 Å². The van der Waals surface area contributed by atoms with E-state index in [0.717, 1.165) is 30.6 Å². The molecule has 1 amide bonds. The number of ether oxygens (including phenoxy) is 1. The molecule has 2 rings (SSSR count). The first-order valence-corrected chi connectivity index (χ1v) is 8.51. The normalized spacial score (nSPS) is 16.2. The Morgan fingerprint density at radius 1 is 1.29 bits per heavy atom. The zero-order valence-electron chi connectivity index (χ0n) is 12.5. The van der Waals surface area contributed by atoms with E-state index in [0.29, 0.717) is 6.54 Å². The van der Waals surface area contributed by atoms with Crippen LogP contribution in [0.1, 0.15) is 54.6 Å². The number of amides is 1. The molecular weight excluding hydrogens is 286 g/mol. The SMILES string of the molecule is COC(=O)CCN(C(=O)c1cccs1)C1CCCCCC1. The van der Waals surface area contributed by atoms with Crippen molar-refractivity contribution in [3.63, 3.8) is 0 Å². The van der Waals surface area contributed by atoms with Crippen LogP contribution in [0.25, 0.3) is 0 Å². The standard InChI is InChI=1S/C16H23NO3S/c1-20-15(18)10-11-17(13-7-4-2-3-5-8-13)16(19)14-9-6-12-21-14/h6,9,12-13H,2-5,7-8,10-11H2,1H3. The molecular formula is C16H23NO3S. The summed E-state index contributed by atoms with van der Waals surface area (Å²) in [4.78, 5) is 26.8. The zero-order chi connectivity index (χ0) is 15.1. The summed E-state index contributed by atoms with van der Waals surface area (Å²) in [5.74, 6) is -0.201. The molecule has 0 N–H and O–H groups in total. The first-order valence-electron chi connectivity index (χ1n) is 7.63. The van der Waals surface area contributed by atoms with Gasteiger partial charge in [-0.15, -0.1) is 11.3 Å². The monoisotopic (exact) mass is 309 g/mol. The molecule has 21 heavy (non-hydrogen) atoms. The van der Waals surface area contributed by atoms with Crippen molar-refractivity contribution in [2.75, 3.05) is 13.7 Å². The first-order chi connectivity index (χ1) is 10.2. The Labute approximate surface area is 130 Å². The van der Waals surface area contributed by atoms with Crippen molar-refractivity contribution in [2.45, 2.75) is 51.0 Å². The van der Waals surface area contributed by atoms with Gasteiger partial charge in [0.1, 0.15) is 0 Å². The number of esters is 1. The molecule has 0 aromatic carbocycles. The molecule has 0 atom stereocenters. The first kappa shape index (κ1) is 16.0. The van der Waals surface area contributed by atoms with E-state index in [2.05, 4.69) is 0 Å². The largest absolute Gasteiger partial charge is 0.469 e. The summed E-state index contributed by atoms with van der Waals surface area (Å²) in [6, 6.07) is 4.00. The number of methoxy groups -OCH3 is 1. The second-order valence-corrected chi connectivity index (χ2v) is 6.40. The number of hydrogen-bond donors (Lipinski definition) is 0. The van der Waals surface area contributed by atoms with Gasteiger partial charge in [0.15, 0.2) is 0 Å². The van der Waals surface area contributed by atoms with Crippen molar-refractivity contribution in [2.24, 2.45) is 0 Å². The van der Waals surface area contributed by atoms with E-state index < -0.39 is 0 Å². The Hall–Kier alpha value is -1.36. The number of carbonyl (C=O) groups excluding carboxylic acids is 2. The van der Waals surface area contributed by atoms with Gasteiger partial charge >= 0.3 is 5.97 Å². The lowest BCUT2D eigenvalue weighted by Crippen LogP contribution is -2.41. The van der Waals surface area contributed by atoms with Crippen LogP contribution in [0.3, 0.4) is 0 Å². The predicted octanol–water partition coefficient (Wildman–Crippen LogP) is 3.48. The molecule has 0 saturated heterocycles. The third kappa shape index (κ3) is 4.56. The highest BCUT2D eigenvalue weighted by molar-refractivity contribution is 7.12. The van der Waals surface area contributed by atoms with E-state index in [-0.39, 0.29) is 24.3 Å². The molecule has 0 spiro atoms. The van der Waals surface area contributed by atoms with Crippen LogP contribution >= 0.6 is 11.3 Å². The smallest absolute Gasteiger partial charge is 0.307 e. The van der Waals surface area contributed by atoms with E-state index in [4.69, 9.17) is 4.74 Å². The van der Waals surface area contributed by atoms with Gasteiger partial charge in [-0.05, 0) is 24.3 Å². The van der Waals surface area contributed by atoms with Gasteiger partial charge in [-0.3, -0.25) is 9.59 Å². The van der Waals surface area contributed by atoms with E-state index in [1.807, 2.05) is 22.4 Å². The number of carbonyl (C=O) groups is 2. The van der Waals surface area contributed by atoms with Gasteiger partial charge in [-0.25, -0.2) is 0 Å². The quantitative estimate of drug-likeness (QED) is 0.618. The molecule has 1 aliphatic carbocycles. The number of thiophene rings is 1. The highest BCUT2D eigenvalue weighted by Gasteiger charge is 2.26. The Balaban J connectivity index is 2.08. The molecule has 0 unspecified atom stereocenters. The summed E-state index contributed by atoms with van der Waals surface area (Å²) in [5.41, 5.74) is 0. The van der Waals surface area contributed by atoms with Gasteiger partial charge in [0.05, 0.1) is 18.4 Å². The van der Waals surface area contributed by atoms with Gasteiger partial charge in [0.25, 0.3) is 5.91 Å². The molecule has 1 saturated carbocycles. The maximum atomic E-state index is 12.7. The van der Waals surface area contributed by atoms with Crippen LogP contribution in [-0.2, 0) is 9.53 Å². The van der Waals surface area contributed by atoms with Crippen molar-refractivity contribution in [3.8, 4) is 0 Å². The summed E-state index contributed by atoms with van der Waals surface area (Å²) >= 11 is 1.46. The van der Waals surface area contributed by atoms with Crippen LogP contribution in [-0.4, -0.2) is 36.5 Å². The topological polar surface area (TPSA) is 46.6 Å². The zero-order valence-corrected chi connectivity index (χ0v) is 13.4. The minimum atomic E-state index is -0.257. The molecule has 116 valence electrons. The van der Waals surface area contributed by atoms with Crippen LogP contribution in [0.15, 0.2) is 17.5 Å². The van der Waals surface area contributed by atoms with Crippen molar-refractivity contribution >= 4 is 23.2 Å². The van der Waals surface area contributed by atoms with Gasteiger partial charge in [0.2, 0.25) is 0 Å². The fourth-order valence-electron chi connectivity index (χ4n) is 2.88. The van der Waals surface area contributed by atoms with E-state index >= 15 is 0 Å². The molecule has 1 aliphatic rings. The Bertz CT molecular complexity index is 450. The lowest BCUT2D eigenvalue weighted by atomic mass is 10.1. The Morgan fingerprint density at radius 2 is 2.00 bits per heavy atom. The molecule has 1 aromatic heterocycles. The van der Waals surface area contributed by atoms with Crippen molar-refractivity contribution in [1.82, 2.24) is 4.90 Å². The molecule has 1 fully saturated rings. The Kier molecular flexibility index (Phi) is 6.23. The van der Waals surface area contributed by atoms with E-state index in [9.17, 15) is 9.59 Å². The summed E-state index contributed by atoms with van der Waals surface area (Å²) in [7, 11) is 1.39. The molecule has 1 heterocycles. The third-order valence-electron chi connectivity index (χ3n) is 4.04. The minimum Gasteiger partial charge on any atom is -0.469 e. The molecule has 0 radical (unpaired) electrons. The molecule has 0 bridgehead atoms. The van der Waals surface area contributed by atoms with Crippen LogP contribution in [0.4, 0.5) is 0 Å².